The zero-order chi connectivity index (χ0) is 14.1. The molecule has 1 aromatic rings. The van der Waals surface area contributed by atoms with Gasteiger partial charge in [0.15, 0.2) is 11.5 Å². The van der Waals surface area contributed by atoms with E-state index in [1.807, 2.05) is 6.92 Å². The van der Waals surface area contributed by atoms with E-state index in [0.29, 0.717) is 18.1 Å². The van der Waals surface area contributed by atoms with Crippen LogP contribution in [-0.2, 0) is 0 Å². The molecule has 6 heteroatoms. The minimum atomic E-state index is -0.727. The van der Waals surface area contributed by atoms with Crippen LogP contribution in [0.15, 0.2) is 23.3 Å². The van der Waals surface area contributed by atoms with Crippen molar-refractivity contribution in [2.75, 3.05) is 13.2 Å². The van der Waals surface area contributed by atoms with Crippen molar-refractivity contribution in [2.45, 2.75) is 6.92 Å². The Labute approximate surface area is 111 Å². The second-order valence-electron chi connectivity index (χ2n) is 3.37. The van der Waals surface area contributed by atoms with Gasteiger partial charge in [0, 0.05) is 0 Å². The van der Waals surface area contributed by atoms with Crippen molar-refractivity contribution in [3.8, 4) is 23.8 Å². The SMILES string of the molecule is C#CCOc1ccc(/C=N\NC(N)=O)cc1OCC. The van der Waals surface area contributed by atoms with Crippen molar-refractivity contribution in [3.05, 3.63) is 23.8 Å². The van der Waals surface area contributed by atoms with Gasteiger partial charge in [-0.3, -0.25) is 0 Å². The fourth-order valence-corrected chi connectivity index (χ4v) is 1.28. The van der Waals surface area contributed by atoms with Crippen LogP contribution in [0, 0.1) is 12.3 Å². The summed E-state index contributed by atoms with van der Waals surface area (Å²) in [6, 6.07) is 4.46. The average molecular weight is 261 g/mol. The molecule has 0 aliphatic rings. The lowest BCUT2D eigenvalue weighted by molar-refractivity contribution is 0.249. The number of benzene rings is 1. The fraction of sp³-hybridized carbons (Fsp3) is 0.231. The Morgan fingerprint density at radius 3 is 2.95 bits per heavy atom. The van der Waals surface area contributed by atoms with Crippen molar-refractivity contribution in [1.82, 2.24) is 5.43 Å². The molecule has 0 aliphatic heterocycles. The number of carbonyl (C=O) groups excluding carboxylic acids is 1. The van der Waals surface area contributed by atoms with Crippen LogP contribution in [0.1, 0.15) is 12.5 Å². The molecular weight excluding hydrogens is 246 g/mol. The molecule has 0 fully saturated rings. The number of carbonyl (C=O) groups is 1. The molecule has 0 atom stereocenters. The van der Waals surface area contributed by atoms with Crippen LogP contribution in [0.2, 0.25) is 0 Å². The third kappa shape index (κ3) is 5.00. The first kappa shape index (κ1) is 14.4. The second-order valence-corrected chi connectivity index (χ2v) is 3.37. The number of hydrogen-bond donors (Lipinski definition) is 2. The highest BCUT2D eigenvalue weighted by atomic mass is 16.5. The molecule has 0 unspecified atom stereocenters. The lowest BCUT2D eigenvalue weighted by Crippen LogP contribution is -2.24. The van der Waals surface area contributed by atoms with Gasteiger partial charge in [-0.05, 0) is 30.7 Å². The molecule has 0 saturated carbocycles. The van der Waals surface area contributed by atoms with E-state index in [4.69, 9.17) is 21.6 Å². The number of nitrogens with two attached hydrogens (primary N) is 1. The third-order valence-electron chi connectivity index (χ3n) is 1.97. The van der Waals surface area contributed by atoms with E-state index in [1.54, 1.807) is 18.2 Å². The molecular formula is C13H15N3O3. The molecule has 1 aromatic carbocycles. The van der Waals surface area contributed by atoms with Crippen molar-refractivity contribution >= 4 is 12.2 Å². The molecule has 0 heterocycles. The van der Waals surface area contributed by atoms with Crippen molar-refractivity contribution < 1.29 is 14.3 Å². The maximum atomic E-state index is 10.5. The van der Waals surface area contributed by atoms with Crippen LogP contribution >= 0.6 is 0 Å². The second kappa shape index (κ2) is 7.61. The Hall–Kier alpha value is -2.68. The topological polar surface area (TPSA) is 85.9 Å². The molecule has 6 nitrogen and oxygen atoms in total. The smallest absolute Gasteiger partial charge is 0.332 e. The largest absolute Gasteiger partial charge is 0.490 e. The van der Waals surface area contributed by atoms with Crippen molar-refractivity contribution in [2.24, 2.45) is 10.8 Å². The monoisotopic (exact) mass is 261 g/mol. The number of terminal acetylenes is 1. The zero-order valence-corrected chi connectivity index (χ0v) is 10.6. The quantitative estimate of drug-likeness (QED) is 0.457. The maximum absolute atomic E-state index is 10.5. The van der Waals surface area contributed by atoms with Gasteiger partial charge in [-0.25, -0.2) is 10.2 Å². The Kier molecular flexibility index (Phi) is 5.76. The van der Waals surface area contributed by atoms with Gasteiger partial charge in [0.25, 0.3) is 0 Å². The van der Waals surface area contributed by atoms with Gasteiger partial charge >= 0.3 is 6.03 Å². The molecule has 100 valence electrons. The average Bonchev–Trinajstić information content (AvgIpc) is 2.38. The van der Waals surface area contributed by atoms with Gasteiger partial charge in [-0.15, -0.1) is 6.42 Å². The number of rotatable bonds is 6. The normalized spacial score (nSPS) is 9.89. The predicted octanol–water partition coefficient (Wildman–Crippen LogP) is 1.10. The number of urea groups is 1. The van der Waals surface area contributed by atoms with Crippen LogP contribution in [0.4, 0.5) is 4.79 Å². The van der Waals surface area contributed by atoms with E-state index in [2.05, 4.69) is 16.4 Å². The highest BCUT2D eigenvalue weighted by Gasteiger charge is 2.05. The van der Waals surface area contributed by atoms with Crippen LogP contribution in [-0.4, -0.2) is 25.5 Å². The van der Waals surface area contributed by atoms with E-state index in [-0.39, 0.29) is 6.61 Å². The molecule has 2 amide bonds. The van der Waals surface area contributed by atoms with Gasteiger partial charge in [0.1, 0.15) is 6.61 Å². The summed E-state index contributed by atoms with van der Waals surface area (Å²) in [7, 11) is 0. The highest BCUT2D eigenvalue weighted by molar-refractivity contribution is 5.82. The first-order chi connectivity index (χ1) is 9.17. The predicted molar refractivity (Wildman–Crippen MR) is 72.3 cm³/mol. The summed E-state index contributed by atoms with van der Waals surface area (Å²) < 4.78 is 10.8. The Morgan fingerprint density at radius 2 is 2.32 bits per heavy atom. The molecule has 1 rings (SSSR count). The van der Waals surface area contributed by atoms with Crippen LogP contribution in [0.25, 0.3) is 0 Å². The summed E-state index contributed by atoms with van der Waals surface area (Å²) in [6.07, 6.45) is 6.58. The molecule has 0 spiro atoms. The molecule has 0 bridgehead atoms. The first-order valence-electron chi connectivity index (χ1n) is 5.59. The molecule has 19 heavy (non-hydrogen) atoms. The number of hydrazone groups is 1. The van der Waals surface area contributed by atoms with Crippen LogP contribution < -0.4 is 20.6 Å². The Bertz CT molecular complexity index is 506. The summed E-state index contributed by atoms with van der Waals surface area (Å²) in [5, 5.41) is 3.66. The fourth-order valence-electron chi connectivity index (χ4n) is 1.28. The number of nitrogens with zero attached hydrogens (tertiary/aromatic N) is 1. The van der Waals surface area contributed by atoms with Crippen molar-refractivity contribution in [1.29, 1.82) is 0 Å². The summed E-state index contributed by atoms with van der Waals surface area (Å²) >= 11 is 0. The lowest BCUT2D eigenvalue weighted by atomic mass is 10.2. The molecule has 0 aliphatic carbocycles. The number of primary amides is 1. The van der Waals surface area contributed by atoms with Crippen LogP contribution in [0.5, 0.6) is 11.5 Å². The molecule has 3 N–H and O–H groups in total. The van der Waals surface area contributed by atoms with E-state index >= 15 is 0 Å². The van der Waals surface area contributed by atoms with E-state index < -0.39 is 6.03 Å². The minimum absolute atomic E-state index is 0.163. The summed E-state index contributed by atoms with van der Waals surface area (Å²) in [5.74, 6) is 3.49. The van der Waals surface area contributed by atoms with Crippen molar-refractivity contribution in [3.63, 3.8) is 0 Å². The highest BCUT2D eigenvalue weighted by Crippen LogP contribution is 2.27. The first-order valence-corrected chi connectivity index (χ1v) is 5.59. The number of ether oxygens (including phenoxy) is 2. The Balaban J connectivity index is 2.85. The lowest BCUT2D eigenvalue weighted by Gasteiger charge is -2.10. The van der Waals surface area contributed by atoms with Gasteiger partial charge in [-0.1, -0.05) is 5.92 Å². The summed E-state index contributed by atoms with van der Waals surface area (Å²) in [6.45, 7) is 2.52. The molecule has 0 aromatic heterocycles. The third-order valence-corrected chi connectivity index (χ3v) is 1.97. The van der Waals surface area contributed by atoms with Gasteiger partial charge in [-0.2, -0.15) is 5.10 Å². The summed E-state index contributed by atoms with van der Waals surface area (Å²) in [5.41, 5.74) is 7.72. The maximum Gasteiger partial charge on any atom is 0.332 e. The van der Waals surface area contributed by atoms with Gasteiger partial charge in [0.05, 0.1) is 12.8 Å². The molecule has 0 radical (unpaired) electrons. The van der Waals surface area contributed by atoms with Gasteiger partial charge < -0.3 is 15.2 Å². The van der Waals surface area contributed by atoms with E-state index in [0.717, 1.165) is 5.56 Å². The number of nitrogens with one attached hydrogen (secondary N) is 1. The zero-order valence-electron chi connectivity index (χ0n) is 10.6. The summed E-state index contributed by atoms with van der Waals surface area (Å²) in [4.78, 5) is 10.5. The number of hydrogen-bond acceptors (Lipinski definition) is 4. The van der Waals surface area contributed by atoms with Gasteiger partial charge in [0.2, 0.25) is 0 Å². The number of amides is 2. The minimum Gasteiger partial charge on any atom is -0.490 e. The van der Waals surface area contributed by atoms with Crippen LogP contribution in [0.3, 0.4) is 0 Å². The van der Waals surface area contributed by atoms with E-state index in [1.165, 1.54) is 6.21 Å². The van der Waals surface area contributed by atoms with E-state index in [9.17, 15) is 4.79 Å². The molecule has 0 saturated heterocycles. The Morgan fingerprint density at radius 1 is 1.53 bits per heavy atom. The standard InChI is InChI=1S/C13H15N3O3/c1-3-7-19-11-6-5-10(8-12(11)18-4-2)9-15-16-13(14)17/h1,5-6,8-9H,4,7H2,2H3,(H3,14,16,17)/b15-9-.